The molecule has 1 aliphatic heterocycles. The molecule has 0 spiro atoms. The number of thiophene rings is 1. The first-order valence-electron chi connectivity index (χ1n) is 8.97. The largest absolute Gasteiger partial charge is 0.403 e. The molecule has 0 unspecified atom stereocenters. The average Bonchev–Trinajstić information content (AvgIpc) is 3.40. The Hall–Kier alpha value is -1.98. The SMILES string of the molecule is O=C(Nc1nnc(-c2cc(Cl)cc(Cl)c2)o1)C1CCN(S(=O)(=O)c2cccs2)CC1. The number of piperidine rings is 1. The van der Waals surface area contributed by atoms with E-state index >= 15 is 0 Å². The number of carbonyl (C=O) groups is 1. The molecule has 1 N–H and O–H groups in total. The number of nitrogens with one attached hydrogen (secondary N) is 1. The van der Waals surface area contributed by atoms with Gasteiger partial charge in [0.05, 0.1) is 0 Å². The number of anilines is 1. The molecule has 3 heterocycles. The second-order valence-electron chi connectivity index (χ2n) is 6.67. The number of benzene rings is 1. The van der Waals surface area contributed by atoms with Gasteiger partial charge in [-0.3, -0.25) is 10.1 Å². The number of aromatic nitrogens is 2. The summed E-state index contributed by atoms with van der Waals surface area (Å²) in [5.41, 5.74) is 0.535. The summed E-state index contributed by atoms with van der Waals surface area (Å²) in [7, 11) is -3.50. The number of rotatable bonds is 5. The lowest BCUT2D eigenvalue weighted by Crippen LogP contribution is -2.41. The van der Waals surface area contributed by atoms with E-state index in [9.17, 15) is 13.2 Å². The van der Waals surface area contributed by atoms with Crippen LogP contribution in [0.25, 0.3) is 11.5 Å². The lowest BCUT2D eigenvalue weighted by molar-refractivity contribution is -0.121. The minimum atomic E-state index is -3.50. The van der Waals surface area contributed by atoms with Crippen molar-refractivity contribution in [2.45, 2.75) is 17.1 Å². The Balaban J connectivity index is 1.37. The summed E-state index contributed by atoms with van der Waals surface area (Å²) >= 11 is 13.1. The maximum atomic E-state index is 12.6. The smallest absolute Gasteiger partial charge is 0.322 e. The molecule has 158 valence electrons. The van der Waals surface area contributed by atoms with Crippen LogP contribution in [0.15, 0.2) is 44.3 Å². The van der Waals surface area contributed by atoms with E-state index in [1.54, 1.807) is 35.7 Å². The fourth-order valence-corrected chi connectivity index (χ4v) is 6.31. The molecule has 12 heteroatoms. The fourth-order valence-electron chi connectivity index (χ4n) is 3.17. The van der Waals surface area contributed by atoms with Crippen LogP contribution in [0.3, 0.4) is 0 Å². The molecule has 0 saturated carbocycles. The molecule has 8 nitrogen and oxygen atoms in total. The summed E-state index contributed by atoms with van der Waals surface area (Å²) in [4.78, 5) is 12.6. The van der Waals surface area contributed by atoms with Gasteiger partial charge in [0.25, 0.3) is 10.0 Å². The van der Waals surface area contributed by atoms with Gasteiger partial charge in [0.15, 0.2) is 0 Å². The average molecular weight is 487 g/mol. The molecule has 0 aliphatic carbocycles. The van der Waals surface area contributed by atoms with Crippen molar-refractivity contribution < 1.29 is 17.6 Å². The zero-order chi connectivity index (χ0) is 21.3. The van der Waals surface area contributed by atoms with E-state index in [-0.39, 0.29) is 36.8 Å². The zero-order valence-corrected chi connectivity index (χ0v) is 18.6. The van der Waals surface area contributed by atoms with Gasteiger partial charge in [-0.05, 0) is 42.5 Å². The first-order valence-corrected chi connectivity index (χ1v) is 12.0. The molecule has 1 saturated heterocycles. The summed E-state index contributed by atoms with van der Waals surface area (Å²) in [6.07, 6.45) is 0.808. The highest BCUT2D eigenvalue weighted by molar-refractivity contribution is 7.91. The maximum Gasteiger partial charge on any atom is 0.322 e. The number of carbonyl (C=O) groups excluding carboxylic acids is 1. The van der Waals surface area contributed by atoms with Crippen molar-refractivity contribution in [3.05, 3.63) is 45.8 Å². The third-order valence-electron chi connectivity index (χ3n) is 4.68. The Labute approximate surface area is 186 Å². The van der Waals surface area contributed by atoms with E-state index in [1.165, 1.54) is 15.6 Å². The van der Waals surface area contributed by atoms with Crippen LogP contribution in [-0.4, -0.2) is 41.9 Å². The number of halogens is 2. The van der Waals surface area contributed by atoms with E-state index in [4.69, 9.17) is 27.6 Å². The fraction of sp³-hybridized carbons (Fsp3) is 0.278. The number of amides is 1. The van der Waals surface area contributed by atoms with Crippen LogP contribution >= 0.6 is 34.5 Å². The van der Waals surface area contributed by atoms with Gasteiger partial charge >= 0.3 is 6.01 Å². The van der Waals surface area contributed by atoms with Gasteiger partial charge in [0.2, 0.25) is 11.8 Å². The van der Waals surface area contributed by atoms with E-state index < -0.39 is 10.0 Å². The van der Waals surface area contributed by atoms with E-state index in [0.29, 0.717) is 32.7 Å². The molecule has 0 radical (unpaired) electrons. The summed E-state index contributed by atoms with van der Waals surface area (Å²) in [5.74, 6) is -0.468. The number of sulfonamides is 1. The molecule has 2 aromatic heterocycles. The van der Waals surface area contributed by atoms with Gasteiger partial charge in [0.1, 0.15) is 4.21 Å². The van der Waals surface area contributed by atoms with Crippen molar-refractivity contribution in [3.8, 4) is 11.5 Å². The van der Waals surface area contributed by atoms with Crippen molar-refractivity contribution in [3.63, 3.8) is 0 Å². The Morgan fingerprint density at radius 3 is 2.50 bits per heavy atom. The second-order valence-corrected chi connectivity index (χ2v) is 10.7. The Morgan fingerprint density at radius 1 is 1.17 bits per heavy atom. The monoisotopic (exact) mass is 486 g/mol. The van der Waals surface area contributed by atoms with Crippen LogP contribution in [-0.2, 0) is 14.8 Å². The van der Waals surface area contributed by atoms with Crippen molar-refractivity contribution in [1.29, 1.82) is 0 Å². The highest BCUT2D eigenvalue weighted by atomic mass is 35.5. The summed E-state index contributed by atoms with van der Waals surface area (Å²) in [6.45, 7) is 0.544. The molecule has 0 atom stereocenters. The molecule has 1 aromatic carbocycles. The van der Waals surface area contributed by atoms with Gasteiger partial charge in [0, 0.05) is 34.6 Å². The van der Waals surface area contributed by atoms with Gasteiger partial charge < -0.3 is 4.42 Å². The summed E-state index contributed by atoms with van der Waals surface area (Å²) in [6, 6.07) is 8.07. The van der Waals surface area contributed by atoms with Crippen LogP contribution in [0.1, 0.15) is 12.8 Å². The summed E-state index contributed by atoms with van der Waals surface area (Å²) < 4.78 is 32.4. The summed E-state index contributed by atoms with van der Waals surface area (Å²) in [5, 5.41) is 12.9. The van der Waals surface area contributed by atoms with E-state index in [2.05, 4.69) is 15.5 Å². The maximum absolute atomic E-state index is 12.6. The van der Waals surface area contributed by atoms with Crippen molar-refractivity contribution in [2.24, 2.45) is 5.92 Å². The standard InChI is InChI=1S/C18H16Cl2N4O4S2/c19-13-8-12(9-14(20)10-13)17-22-23-18(28-17)21-16(25)11-3-5-24(6-4-11)30(26,27)15-2-1-7-29-15/h1-2,7-11H,3-6H2,(H,21,23,25). The Bertz CT molecular complexity index is 1140. The third kappa shape index (κ3) is 4.52. The molecule has 4 rings (SSSR count). The van der Waals surface area contributed by atoms with Crippen LogP contribution in [0.4, 0.5) is 6.01 Å². The molecule has 1 aliphatic rings. The molecule has 1 fully saturated rings. The van der Waals surface area contributed by atoms with Crippen LogP contribution < -0.4 is 5.32 Å². The quantitative estimate of drug-likeness (QED) is 0.580. The molecule has 0 bridgehead atoms. The Morgan fingerprint density at radius 2 is 1.87 bits per heavy atom. The minimum Gasteiger partial charge on any atom is -0.403 e. The minimum absolute atomic E-state index is 0.0419. The molecule has 1 amide bonds. The molecular weight excluding hydrogens is 471 g/mol. The van der Waals surface area contributed by atoms with E-state index in [0.717, 1.165) is 0 Å². The van der Waals surface area contributed by atoms with Crippen molar-refractivity contribution in [1.82, 2.24) is 14.5 Å². The zero-order valence-electron chi connectivity index (χ0n) is 15.4. The normalized spacial score (nSPS) is 15.9. The predicted octanol–water partition coefficient (Wildman–Crippen LogP) is 4.14. The van der Waals surface area contributed by atoms with Gasteiger partial charge in [-0.15, -0.1) is 16.4 Å². The third-order valence-corrected chi connectivity index (χ3v) is 8.39. The van der Waals surface area contributed by atoms with Gasteiger partial charge in [-0.1, -0.05) is 34.4 Å². The molecule has 30 heavy (non-hydrogen) atoms. The first kappa shape index (κ1) is 21.3. The molecule has 3 aromatic rings. The predicted molar refractivity (Wildman–Crippen MR) is 114 cm³/mol. The van der Waals surface area contributed by atoms with Gasteiger partial charge in [-0.2, -0.15) is 4.31 Å². The Kier molecular flexibility index (Phi) is 6.12. The first-order chi connectivity index (χ1) is 14.3. The van der Waals surface area contributed by atoms with Crippen LogP contribution in [0, 0.1) is 5.92 Å². The van der Waals surface area contributed by atoms with Crippen LogP contribution in [0.5, 0.6) is 0 Å². The number of nitrogens with zero attached hydrogens (tertiary/aromatic N) is 3. The van der Waals surface area contributed by atoms with Crippen molar-refractivity contribution in [2.75, 3.05) is 18.4 Å². The highest BCUT2D eigenvalue weighted by Crippen LogP contribution is 2.29. The van der Waals surface area contributed by atoms with Gasteiger partial charge in [-0.25, -0.2) is 8.42 Å². The van der Waals surface area contributed by atoms with Crippen LogP contribution in [0.2, 0.25) is 10.0 Å². The lowest BCUT2D eigenvalue weighted by atomic mass is 9.97. The number of hydrogen-bond donors (Lipinski definition) is 1. The topological polar surface area (TPSA) is 105 Å². The van der Waals surface area contributed by atoms with Crippen molar-refractivity contribution >= 4 is 56.5 Å². The lowest BCUT2D eigenvalue weighted by Gasteiger charge is -2.29. The van der Waals surface area contributed by atoms with E-state index in [1.807, 2.05) is 0 Å². The second kappa shape index (κ2) is 8.64. The molecular formula is C18H16Cl2N4O4S2. The highest BCUT2D eigenvalue weighted by Gasteiger charge is 2.33. The number of hydrogen-bond acceptors (Lipinski definition) is 7.